The quantitative estimate of drug-likeness (QED) is 0.626. The van der Waals surface area contributed by atoms with E-state index in [0.29, 0.717) is 21.9 Å². The highest BCUT2D eigenvalue weighted by Crippen LogP contribution is 2.25. The largest absolute Gasteiger partial charge is 0.515 e. The monoisotopic (exact) mass is 333 g/mol. The molecule has 0 fully saturated rings. The van der Waals surface area contributed by atoms with Gasteiger partial charge >= 0.3 is 0 Å². The fourth-order valence-corrected chi connectivity index (χ4v) is 2.52. The minimum Gasteiger partial charge on any atom is -0.515 e. The van der Waals surface area contributed by atoms with E-state index < -0.39 is 0 Å². The Kier molecular flexibility index (Phi) is 5.01. The number of benzene rings is 2. The number of ketones is 1. The van der Waals surface area contributed by atoms with Crippen LogP contribution in [0.5, 0.6) is 0 Å². The Morgan fingerprint density at radius 3 is 2.50 bits per heavy atom. The molecule has 0 radical (unpaired) electrons. The summed E-state index contributed by atoms with van der Waals surface area (Å²) in [6, 6.07) is 14.7. The molecule has 0 saturated heterocycles. The molecule has 1 N–H and O–H groups in total. The molecule has 22 heavy (non-hydrogen) atoms. The SMILES string of the molecule is Cl.O=C1C(=CO)CN=C(c2ccccc2)c2cc(Cl)ccc21. The molecule has 5 heteroatoms. The van der Waals surface area contributed by atoms with Crippen LogP contribution in [0, 0.1) is 0 Å². The second-order valence-electron chi connectivity index (χ2n) is 4.70. The van der Waals surface area contributed by atoms with Gasteiger partial charge in [-0.25, -0.2) is 0 Å². The lowest BCUT2D eigenvalue weighted by molar-refractivity contribution is 0.103. The lowest BCUT2D eigenvalue weighted by Gasteiger charge is -2.09. The van der Waals surface area contributed by atoms with Crippen LogP contribution in [-0.4, -0.2) is 23.1 Å². The van der Waals surface area contributed by atoms with Crippen molar-refractivity contribution in [3.63, 3.8) is 0 Å². The molecule has 0 atom stereocenters. The summed E-state index contributed by atoms with van der Waals surface area (Å²) in [6.07, 6.45) is 0.832. The van der Waals surface area contributed by atoms with E-state index in [4.69, 9.17) is 11.6 Å². The first kappa shape index (κ1) is 16.3. The molecule has 2 aromatic rings. The van der Waals surface area contributed by atoms with Gasteiger partial charge in [0, 0.05) is 21.7 Å². The third-order valence-corrected chi connectivity index (χ3v) is 3.62. The Hall–Kier alpha value is -2.10. The van der Waals surface area contributed by atoms with Gasteiger partial charge in [-0.1, -0.05) is 41.9 Å². The zero-order valence-electron chi connectivity index (χ0n) is 11.5. The summed E-state index contributed by atoms with van der Waals surface area (Å²) in [4.78, 5) is 16.9. The highest BCUT2D eigenvalue weighted by Gasteiger charge is 2.23. The Bertz CT molecular complexity index is 767. The number of fused-ring (bicyclic) bond motifs is 1. The number of rotatable bonds is 1. The number of hydrogen-bond acceptors (Lipinski definition) is 3. The molecule has 0 amide bonds. The van der Waals surface area contributed by atoms with Crippen LogP contribution in [-0.2, 0) is 0 Å². The number of hydrogen-bond donors (Lipinski definition) is 1. The summed E-state index contributed by atoms with van der Waals surface area (Å²) in [7, 11) is 0. The van der Waals surface area contributed by atoms with Gasteiger partial charge in [0.2, 0.25) is 0 Å². The lowest BCUT2D eigenvalue weighted by atomic mass is 9.94. The summed E-state index contributed by atoms with van der Waals surface area (Å²) < 4.78 is 0. The van der Waals surface area contributed by atoms with Gasteiger partial charge in [-0.05, 0) is 18.2 Å². The average molecular weight is 334 g/mol. The van der Waals surface area contributed by atoms with Crippen LogP contribution in [0.1, 0.15) is 21.5 Å². The number of nitrogens with zero attached hydrogens (tertiary/aromatic N) is 1. The summed E-state index contributed by atoms with van der Waals surface area (Å²) in [5, 5.41) is 9.79. The zero-order chi connectivity index (χ0) is 14.8. The molecule has 1 aliphatic rings. The van der Waals surface area contributed by atoms with Crippen molar-refractivity contribution in [2.24, 2.45) is 4.99 Å². The molecule has 1 aliphatic heterocycles. The van der Waals surface area contributed by atoms with Crippen LogP contribution in [0.15, 0.2) is 65.4 Å². The van der Waals surface area contributed by atoms with Gasteiger partial charge < -0.3 is 5.11 Å². The van der Waals surface area contributed by atoms with Crippen molar-refractivity contribution in [2.45, 2.75) is 0 Å². The Morgan fingerprint density at radius 2 is 1.82 bits per heavy atom. The summed E-state index contributed by atoms with van der Waals surface area (Å²) in [6.45, 7) is 0.145. The van der Waals surface area contributed by atoms with Crippen molar-refractivity contribution in [3.8, 4) is 0 Å². The third kappa shape index (κ3) is 2.91. The van der Waals surface area contributed by atoms with Crippen molar-refractivity contribution in [3.05, 3.63) is 82.1 Å². The number of halogens is 2. The molecule has 0 saturated carbocycles. The van der Waals surface area contributed by atoms with Crippen molar-refractivity contribution in [2.75, 3.05) is 6.54 Å². The molecule has 112 valence electrons. The highest BCUT2D eigenvalue weighted by atomic mass is 35.5. The lowest BCUT2D eigenvalue weighted by Crippen LogP contribution is -2.09. The molecule has 3 rings (SSSR count). The van der Waals surface area contributed by atoms with E-state index >= 15 is 0 Å². The molecule has 0 aromatic heterocycles. The summed E-state index contributed by atoms with van der Waals surface area (Å²) >= 11 is 6.07. The number of Topliss-reactive ketones (excluding diaryl/α,β-unsaturated/α-hetero) is 1. The molecule has 0 bridgehead atoms. The topological polar surface area (TPSA) is 49.7 Å². The first-order valence-corrected chi connectivity index (χ1v) is 6.86. The molecule has 0 unspecified atom stereocenters. The van der Waals surface area contributed by atoms with Crippen LogP contribution in [0.3, 0.4) is 0 Å². The average Bonchev–Trinajstić information content (AvgIpc) is 2.65. The zero-order valence-corrected chi connectivity index (χ0v) is 13.1. The van der Waals surface area contributed by atoms with Crippen LogP contribution in [0.25, 0.3) is 0 Å². The fraction of sp³-hybridized carbons (Fsp3) is 0.0588. The number of carbonyl (C=O) groups is 1. The van der Waals surface area contributed by atoms with E-state index in [9.17, 15) is 9.90 Å². The van der Waals surface area contributed by atoms with E-state index in [0.717, 1.165) is 11.8 Å². The Morgan fingerprint density at radius 1 is 1.09 bits per heavy atom. The molecule has 0 spiro atoms. The first-order chi connectivity index (χ1) is 10.2. The second-order valence-corrected chi connectivity index (χ2v) is 5.14. The Balaban J connectivity index is 0.00000176. The van der Waals surface area contributed by atoms with E-state index in [-0.39, 0.29) is 30.3 Å². The number of aliphatic hydroxyl groups excluding tert-OH is 1. The van der Waals surface area contributed by atoms with Gasteiger partial charge in [0.15, 0.2) is 5.78 Å². The van der Waals surface area contributed by atoms with Gasteiger partial charge in [0.25, 0.3) is 0 Å². The standard InChI is InChI=1S/C17H12ClNO2.ClH/c18-13-6-7-14-15(8-13)16(11-4-2-1-3-5-11)19-9-12(10-20)17(14)21;/h1-8,10,20H,9H2;1H. The van der Waals surface area contributed by atoms with Gasteiger partial charge in [-0.15, -0.1) is 12.4 Å². The van der Waals surface area contributed by atoms with Crippen LogP contribution >= 0.6 is 24.0 Å². The maximum atomic E-state index is 12.4. The van der Waals surface area contributed by atoms with Crippen molar-refractivity contribution in [1.29, 1.82) is 0 Å². The van der Waals surface area contributed by atoms with Crippen LogP contribution in [0.4, 0.5) is 0 Å². The molecule has 0 aliphatic carbocycles. The smallest absolute Gasteiger partial charge is 0.194 e. The fourth-order valence-electron chi connectivity index (χ4n) is 2.35. The first-order valence-electron chi connectivity index (χ1n) is 6.48. The van der Waals surface area contributed by atoms with E-state index in [1.54, 1.807) is 18.2 Å². The molecule has 2 aromatic carbocycles. The van der Waals surface area contributed by atoms with E-state index in [1.165, 1.54) is 0 Å². The van der Waals surface area contributed by atoms with Crippen molar-refractivity contribution < 1.29 is 9.90 Å². The van der Waals surface area contributed by atoms with E-state index in [1.807, 2.05) is 30.3 Å². The highest BCUT2D eigenvalue weighted by molar-refractivity contribution is 6.32. The second kappa shape index (κ2) is 6.77. The Labute approximate surface area is 139 Å². The number of aliphatic imine (C=N–C) groups is 1. The predicted molar refractivity (Wildman–Crippen MR) is 90.7 cm³/mol. The molecular weight excluding hydrogens is 321 g/mol. The minimum absolute atomic E-state index is 0. The number of aliphatic hydroxyl groups is 1. The summed E-state index contributed by atoms with van der Waals surface area (Å²) in [5.41, 5.74) is 3.08. The van der Waals surface area contributed by atoms with Crippen LogP contribution in [0.2, 0.25) is 5.02 Å². The van der Waals surface area contributed by atoms with Crippen molar-refractivity contribution in [1.82, 2.24) is 0 Å². The van der Waals surface area contributed by atoms with Crippen LogP contribution < -0.4 is 0 Å². The van der Waals surface area contributed by atoms with Crippen molar-refractivity contribution >= 4 is 35.5 Å². The molecular formula is C17H13Cl2NO2. The van der Waals surface area contributed by atoms with E-state index in [2.05, 4.69) is 4.99 Å². The van der Waals surface area contributed by atoms with Gasteiger partial charge in [0.1, 0.15) is 0 Å². The third-order valence-electron chi connectivity index (χ3n) is 3.38. The summed E-state index contributed by atoms with van der Waals surface area (Å²) in [5.74, 6) is -0.223. The minimum atomic E-state index is -0.223. The van der Waals surface area contributed by atoms with Gasteiger partial charge in [-0.3, -0.25) is 9.79 Å². The molecule has 1 heterocycles. The van der Waals surface area contributed by atoms with Gasteiger partial charge in [0.05, 0.1) is 24.1 Å². The van der Waals surface area contributed by atoms with Gasteiger partial charge in [-0.2, -0.15) is 0 Å². The number of carbonyl (C=O) groups excluding carboxylic acids is 1. The normalized spacial score (nSPS) is 15.6. The maximum absolute atomic E-state index is 12.4. The maximum Gasteiger partial charge on any atom is 0.194 e. The molecule has 3 nitrogen and oxygen atoms in total. The predicted octanol–water partition coefficient (Wildman–Crippen LogP) is 4.24.